The average molecular weight is 283 g/mol. The van der Waals surface area contributed by atoms with Crippen LogP contribution < -0.4 is 5.32 Å². The Hall–Kier alpha value is -1.19. The Balaban J connectivity index is 4.16. The predicted molar refractivity (Wildman–Crippen MR) is 80.4 cm³/mol. The third kappa shape index (κ3) is 10.7. The first-order valence-corrected chi connectivity index (χ1v) is 7.63. The maximum Gasteiger partial charge on any atom is 0.220 e. The third-order valence-corrected chi connectivity index (χ3v) is 3.27. The van der Waals surface area contributed by atoms with Crippen LogP contribution in [0.5, 0.6) is 0 Å². The van der Waals surface area contributed by atoms with Crippen molar-refractivity contribution >= 4 is 17.5 Å². The summed E-state index contributed by atoms with van der Waals surface area (Å²) < 4.78 is 0. The zero-order valence-corrected chi connectivity index (χ0v) is 13.3. The Bertz CT molecular complexity index is 310. The second-order valence-corrected chi connectivity index (χ2v) is 5.88. The van der Waals surface area contributed by atoms with Crippen LogP contribution in [0.3, 0.4) is 0 Å². The molecule has 0 saturated heterocycles. The third-order valence-electron chi connectivity index (χ3n) is 3.27. The van der Waals surface area contributed by atoms with E-state index in [0.717, 1.165) is 12.8 Å². The standard InChI is InChI=1S/C16H29NO3/c1-5-6-7-8-12(2)9-16(20)17-15(10-13(3)18)11-14(4)19/h12,15H,5-11H2,1-4H3,(H,17,20). The van der Waals surface area contributed by atoms with E-state index in [2.05, 4.69) is 19.2 Å². The molecule has 0 bridgehead atoms. The molecule has 0 spiro atoms. The molecule has 4 heteroatoms. The number of rotatable bonds is 11. The smallest absolute Gasteiger partial charge is 0.220 e. The van der Waals surface area contributed by atoms with Crippen molar-refractivity contribution in [1.29, 1.82) is 0 Å². The van der Waals surface area contributed by atoms with Gasteiger partial charge in [-0.15, -0.1) is 0 Å². The lowest BCUT2D eigenvalue weighted by molar-refractivity contribution is -0.123. The summed E-state index contributed by atoms with van der Waals surface area (Å²) in [7, 11) is 0. The van der Waals surface area contributed by atoms with Crippen molar-refractivity contribution in [3.8, 4) is 0 Å². The van der Waals surface area contributed by atoms with Crippen LogP contribution in [0.2, 0.25) is 0 Å². The van der Waals surface area contributed by atoms with Gasteiger partial charge in [0.25, 0.3) is 0 Å². The minimum absolute atomic E-state index is 0.00690. The lowest BCUT2D eigenvalue weighted by Crippen LogP contribution is -2.38. The van der Waals surface area contributed by atoms with Crippen molar-refractivity contribution in [2.75, 3.05) is 0 Å². The van der Waals surface area contributed by atoms with Gasteiger partial charge in [0.2, 0.25) is 5.91 Å². The monoisotopic (exact) mass is 283 g/mol. The van der Waals surface area contributed by atoms with Crippen LogP contribution in [-0.4, -0.2) is 23.5 Å². The summed E-state index contributed by atoms with van der Waals surface area (Å²) in [5, 5.41) is 2.82. The van der Waals surface area contributed by atoms with Gasteiger partial charge in [-0.2, -0.15) is 0 Å². The van der Waals surface area contributed by atoms with Gasteiger partial charge in [-0.1, -0.05) is 39.5 Å². The molecule has 0 aromatic rings. The summed E-state index contributed by atoms with van der Waals surface area (Å²) in [4.78, 5) is 34.2. The first-order chi connectivity index (χ1) is 9.35. The van der Waals surface area contributed by atoms with E-state index in [1.165, 1.54) is 26.7 Å². The fourth-order valence-corrected chi connectivity index (χ4v) is 2.32. The molecule has 0 heterocycles. The highest BCUT2D eigenvalue weighted by atomic mass is 16.2. The van der Waals surface area contributed by atoms with Gasteiger partial charge < -0.3 is 5.32 Å². The number of nitrogens with one attached hydrogen (secondary N) is 1. The Morgan fingerprint density at radius 3 is 1.95 bits per heavy atom. The molecule has 1 unspecified atom stereocenters. The average Bonchev–Trinajstić information content (AvgIpc) is 2.26. The Labute approximate surface area is 122 Å². The summed E-state index contributed by atoms with van der Waals surface area (Å²) in [6, 6.07) is -0.347. The van der Waals surface area contributed by atoms with E-state index in [4.69, 9.17) is 0 Å². The minimum atomic E-state index is -0.347. The van der Waals surface area contributed by atoms with Crippen molar-refractivity contribution in [2.24, 2.45) is 5.92 Å². The van der Waals surface area contributed by atoms with Crippen LogP contribution in [0.1, 0.15) is 72.6 Å². The Kier molecular flexibility index (Phi) is 9.95. The van der Waals surface area contributed by atoms with Gasteiger partial charge in [0.1, 0.15) is 11.6 Å². The second-order valence-electron chi connectivity index (χ2n) is 5.88. The number of carbonyl (C=O) groups is 3. The Morgan fingerprint density at radius 2 is 1.50 bits per heavy atom. The summed E-state index contributed by atoms with van der Waals surface area (Å²) in [5.74, 6) is 0.276. The van der Waals surface area contributed by atoms with Crippen molar-refractivity contribution in [3.05, 3.63) is 0 Å². The van der Waals surface area contributed by atoms with Crippen molar-refractivity contribution in [1.82, 2.24) is 5.32 Å². The molecule has 1 atom stereocenters. The topological polar surface area (TPSA) is 63.2 Å². The van der Waals surface area contributed by atoms with Gasteiger partial charge in [0.15, 0.2) is 0 Å². The van der Waals surface area contributed by atoms with Crippen LogP contribution in [0.4, 0.5) is 0 Å². The number of hydrogen-bond acceptors (Lipinski definition) is 3. The van der Waals surface area contributed by atoms with Crippen molar-refractivity contribution < 1.29 is 14.4 Å². The van der Waals surface area contributed by atoms with Gasteiger partial charge in [-0.3, -0.25) is 14.4 Å². The highest BCUT2D eigenvalue weighted by molar-refractivity contribution is 5.82. The molecule has 0 aliphatic heterocycles. The van der Waals surface area contributed by atoms with Gasteiger partial charge in [0, 0.05) is 25.3 Å². The van der Waals surface area contributed by atoms with E-state index in [1.807, 2.05) is 0 Å². The van der Waals surface area contributed by atoms with E-state index >= 15 is 0 Å². The molecule has 0 aromatic heterocycles. The summed E-state index contributed by atoms with van der Waals surface area (Å²) in [5.41, 5.74) is 0. The summed E-state index contributed by atoms with van der Waals surface area (Å²) in [6.07, 6.45) is 5.50. The van der Waals surface area contributed by atoms with Gasteiger partial charge in [-0.05, 0) is 19.8 Å². The van der Waals surface area contributed by atoms with Crippen LogP contribution in [0.15, 0.2) is 0 Å². The summed E-state index contributed by atoms with van der Waals surface area (Å²) >= 11 is 0. The van der Waals surface area contributed by atoms with Gasteiger partial charge in [0.05, 0.1) is 0 Å². The molecule has 20 heavy (non-hydrogen) atoms. The zero-order chi connectivity index (χ0) is 15.5. The predicted octanol–water partition coefficient (Wildman–Crippen LogP) is 3.04. The molecule has 4 nitrogen and oxygen atoms in total. The highest BCUT2D eigenvalue weighted by Gasteiger charge is 2.17. The number of unbranched alkanes of at least 4 members (excludes halogenated alkanes) is 2. The molecule has 1 amide bonds. The molecule has 0 fully saturated rings. The molecule has 0 aliphatic rings. The zero-order valence-electron chi connectivity index (χ0n) is 13.3. The minimum Gasteiger partial charge on any atom is -0.352 e. The molecule has 0 rings (SSSR count). The molecule has 1 N–H and O–H groups in total. The first kappa shape index (κ1) is 18.8. The molecule has 0 aliphatic carbocycles. The van der Waals surface area contributed by atoms with E-state index in [0.29, 0.717) is 12.3 Å². The van der Waals surface area contributed by atoms with E-state index in [-0.39, 0.29) is 36.4 Å². The molecule has 0 aromatic carbocycles. The van der Waals surface area contributed by atoms with Crippen molar-refractivity contribution in [2.45, 2.75) is 78.7 Å². The normalized spacial score (nSPS) is 12.2. The number of ketones is 2. The van der Waals surface area contributed by atoms with Gasteiger partial charge in [-0.25, -0.2) is 0 Å². The van der Waals surface area contributed by atoms with Crippen molar-refractivity contribution in [3.63, 3.8) is 0 Å². The largest absolute Gasteiger partial charge is 0.352 e. The number of hydrogen-bond donors (Lipinski definition) is 1. The first-order valence-electron chi connectivity index (χ1n) is 7.63. The van der Waals surface area contributed by atoms with E-state index in [1.54, 1.807) is 0 Å². The maximum absolute atomic E-state index is 11.9. The quantitative estimate of drug-likeness (QED) is 0.593. The molecular weight excluding hydrogens is 254 g/mol. The lowest BCUT2D eigenvalue weighted by Gasteiger charge is -2.18. The fourth-order valence-electron chi connectivity index (χ4n) is 2.32. The Morgan fingerprint density at radius 1 is 0.950 bits per heavy atom. The SMILES string of the molecule is CCCCCC(C)CC(=O)NC(CC(C)=O)CC(C)=O. The van der Waals surface area contributed by atoms with Crippen LogP contribution in [-0.2, 0) is 14.4 Å². The lowest BCUT2D eigenvalue weighted by atomic mass is 9.98. The molecule has 116 valence electrons. The molecule has 0 saturated carbocycles. The van der Waals surface area contributed by atoms with Crippen LogP contribution in [0.25, 0.3) is 0 Å². The second kappa shape index (κ2) is 10.6. The van der Waals surface area contributed by atoms with E-state index < -0.39 is 0 Å². The highest BCUT2D eigenvalue weighted by Crippen LogP contribution is 2.13. The summed E-state index contributed by atoms with van der Waals surface area (Å²) in [6.45, 7) is 7.19. The van der Waals surface area contributed by atoms with Gasteiger partial charge >= 0.3 is 0 Å². The number of Topliss-reactive ketones (excluding diaryl/α,β-unsaturated/α-hetero) is 2. The number of amides is 1. The number of carbonyl (C=O) groups excluding carboxylic acids is 3. The molecule has 0 radical (unpaired) electrons. The molecular formula is C16H29NO3. The van der Waals surface area contributed by atoms with Crippen LogP contribution >= 0.6 is 0 Å². The van der Waals surface area contributed by atoms with E-state index in [9.17, 15) is 14.4 Å². The van der Waals surface area contributed by atoms with Crippen LogP contribution in [0, 0.1) is 5.92 Å². The fraction of sp³-hybridized carbons (Fsp3) is 0.812. The maximum atomic E-state index is 11.9.